The predicted molar refractivity (Wildman–Crippen MR) is 320 cm³/mol. The van der Waals surface area contributed by atoms with E-state index in [1.165, 1.54) is 14.2 Å². The third kappa shape index (κ3) is 12.8. The summed E-state index contributed by atoms with van der Waals surface area (Å²) in [5.74, 6) is 0.755. The minimum Gasteiger partial charge on any atom is -0.492 e. The highest BCUT2D eigenvalue weighted by Gasteiger charge is 2.30. The van der Waals surface area contributed by atoms with Gasteiger partial charge in [-0.25, -0.2) is 9.59 Å². The van der Waals surface area contributed by atoms with Crippen molar-refractivity contribution in [3.63, 3.8) is 0 Å². The molecule has 0 saturated heterocycles. The van der Waals surface area contributed by atoms with Crippen molar-refractivity contribution in [1.29, 1.82) is 0 Å². The zero-order valence-electron chi connectivity index (χ0n) is 45.3. The van der Waals surface area contributed by atoms with Gasteiger partial charge in [-0.3, -0.25) is 9.59 Å². The highest BCUT2D eigenvalue weighted by atomic mass is 32.1. The van der Waals surface area contributed by atoms with Gasteiger partial charge in [0.25, 0.3) is 12.9 Å². The maximum Gasteiger partial charge on any atom is 0.337 e. The fraction of sp³-hybridized carbons (Fsp3) is 0.206. The van der Waals surface area contributed by atoms with E-state index in [2.05, 4.69) is 97.4 Å². The molecule has 0 aliphatic rings. The number of hydrogen-bond donors (Lipinski definition) is 0. The molecule has 9 rings (SSSR count). The zero-order chi connectivity index (χ0) is 55.8. The second-order valence-corrected chi connectivity index (χ2v) is 20.9. The molecule has 2 aromatic heterocycles. The van der Waals surface area contributed by atoms with Gasteiger partial charge < -0.3 is 28.4 Å². The quantitative estimate of drug-likeness (QED) is 0.0224. The van der Waals surface area contributed by atoms with Gasteiger partial charge in [-0.15, -0.1) is 22.7 Å². The predicted octanol–water partition coefficient (Wildman–Crippen LogP) is 17.2. The van der Waals surface area contributed by atoms with Gasteiger partial charge in [0.15, 0.2) is 0 Å². The van der Waals surface area contributed by atoms with Crippen LogP contribution >= 0.6 is 22.7 Å². The molecular weight excluding hydrogens is 1040 g/mol. The molecule has 0 spiro atoms. The van der Waals surface area contributed by atoms with E-state index in [1.54, 1.807) is 46.9 Å². The van der Waals surface area contributed by atoms with Gasteiger partial charge in [0, 0.05) is 0 Å². The molecule has 0 bridgehead atoms. The molecule has 10 nitrogen and oxygen atoms in total. The Kier molecular flexibility index (Phi) is 19.2. The molecule has 0 aliphatic carbocycles. The monoisotopic (exact) mass is 1100 g/mol. The Labute approximate surface area is 475 Å². The van der Waals surface area contributed by atoms with E-state index in [-0.39, 0.29) is 13.2 Å². The lowest BCUT2D eigenvalue weighted by Crippen LogP contribution is -2.04. The number of unbranched alkanes of at least 4 members (excludes halogenated alkanes) is 4. The summed E-state index contributed by atoms with van der Waals surface area (Å²) in [5.41, 5.74) is 14.7. The molecule has 9 aromatic rings. The van der Waals surface area contributed by atoms with E-state index in [0.717, 1.165) is 149 Å². The van der Waals surface area contributed by atoms with E-state index in [4.69, 9.17) is 28.4 Å². The van der Waals surface area contributed by atoms with Crippen LogP contribution in [0.4, 0.5) is 0 Å². The number of carbonyl (C=O) groups is 4. The second-order valence-electron chi connectivity index (χ2n) is 19.1. The van der Waals surface area contributed by atoms with Crippen LogP contribution in [0.1, 0.15) is 84.2 Å². The summed E-state index contributed by atoms with van der Waals surface area (Å²) < 4.78 is 33.6. The van der Waals surface area contributed by atoms with Gasteiger partial charge in [-0.05, 0) is 149 Å². The summed E-state index contributed by atoms with van der Waals surface area (Å²) in [6, 6.07) is 52.3. The lowest BCUT2D eigenvalue weighted by Gasteiger charge is -2.29. The molecule has 0 saturated carbocycles. The molecule has 0 radical (unpaired) electrons. The molecule has 7 aromatic carbocycles. The highest BCUT2D eigenvalue weighted by molar-refractivity contribution is 7.14. The third-order valence-corrected chi connectivity index (χ3v) is 15.8. The fourth-order valence-electron chi connectivity index (χ4n) is 9.95. The normalized spacial score (nSPS) is 10.9. The maximum atomic E-state index is 13.1. The van der Waals surface area contributed by atoms with Crippen molar-refractivity contribution in [2.24, 2.45) is 0 Å². The number of esters is 2. The van der Waals surface area contributed by atoms with Crippen LogP contribution in [0.3, 0.4) is 0 Å². The van der Waals surface area contributed by atoms with E-state index in [0.29, 0.717) is 37.3 Å². The minimum absolute atomic E-state index is 0.0912. The van der Waals surface area contributed by atoms with Crippen molar-refractivity contribution in [1.82, 2.24) is 0 Å². The van der Waals surface area contributed by atoms with Gasteiger partial charge >= 0.3 is 11.9 Å². The smallest absolute Gasteiger partial charge is 0.337 e. The van der Waals surface area contributed by atoms with E-state index >= 15 is 0 Å². The van der Waals surface area contributed by atoms with Gasteiger partial charge in [0.05, 0.1) is 48.3 Å². The Morgan fingerprint density at radius 1 is 0.388 bits per heavy atom. The summed E-state index contributed by atoms with van der Waals surface area (Å²) >= 11 is 3.27. The van der Waals surface area contributed by atoms with Crippen molar-refractivity contribution in [3.8, 4) is 99.1 Å². The Bertz CT molecular complexity index is 3290. The van der Waals surface area contributed by atoms with E-state index in [9.17, 15) is 19.2 Å². The molecule has 0 amide bonds. The summed E-state index contributed by atoms with van der Waals surface area (Å²) in [4.78, 5) is 51.2. The average Bonchev–Trinajstić information content (AvgIpc) is 4.34. The molecule has 0 atom stereocenters. The van der Waals surface area contributed by atoms with Crippen molar-refractivity contribution >= 4 is 47.6 Å². The van der Waals surface area contributed by atoms with E-state index in [1.807, 2.05) is 60.7 Å². The molecule has 12 heteroatoms. The SMILES string of the molecule is CCCCCOc1ccsc1-c1ccc(-c2c(-c3ccc(COC=O)cc3)c(-c3ccc(COC=O)cc3)c(-c3ccc(-c4sccc4OCCCCC)cc3)c(-c3ccc(C(=O)OC)cc3)c2-c2ccc(C(=O)OC)cc2)cc1. The van der Waals surface area contributed by atoms with Crippen LogP contribution in [0.15, 0.2) is 168 Å². The van der Waals surface area contributed by atoms with Crippen molar-refractivity contribution in [3.05, 3.63) is 191 Å². The Hall–Kier alpha value is -8.58. The van der Waals surface area contributed by atoms with Crippen LogP contribution in [0.25, 0.3) is 87.6 Å². The maximum absolute atomic E-state index is 13.1. The Morgan fingerprint density at radius 3 is 0.963 bits per heavy atom. The van der Waals surface area contributed by atoms with Crippen LogP contribution in [0.2, 0.25) is 0 Å². The van der Waals surface area contributed by atoms with Gasteiger partial charge in [0.1, 0.15) is 24.7 Å². The summed E-state index contributed by atoms with van der Waals surface area (Å²) in [7, 11) is 2.74. The molecule has 2 heterocycles. The first kappa shape index (κ1) is 56.2. The zero-order valence-corrected chi connectivity index (χ0v) is 46.9. The first-order valence-corrected chi connectivity index (χ1v) is 28.6. The standard InChI is InChI=1S/C68H62O10S2/c1-5-7-9-37-77-57-35-39-79-65(57)53-27-19-49(20-28-53)61-59(47-15-11-45(12-16-47)41-75-43-69)60(48-17-13-46(14-18-48)42-76-44-70)62(50-21-29-54(30-22-50)66-58(36-40-80-66)78-38-10-8-6-2)64(52-25-33-56(34-26-52)68(72)74-4)63(61)51-23-31-55(32-24-51)67(71)73-3/h11-36,39-40,43-44H,5-10,37-38,41-42H2,1-4H3. The van der Waals surface area contributed by atoms with Crippen LogP contribution in [-0.4, -0.2) is 52.3 Å². The second kappa shape index (κ2) is 27.3. The number of hydrogen-bond acceptors (Lipinski definition) is 12. The van der Waals surface area contributed by atoms with Crippen LogP contribution in [-0.2, 0) is 41.8 Å². The largest absolute Gasteiger partial charge is 0.492 e. The molecule has 0 fully saturated rings. The number of rotatable bonds is 26. The van der Waals surface area contributed by atoms with Gasteiger partial charge in [-0.1, -0.05) is 161 Å². The van der Waals surface area contributed by atoms with Crippen LogP contribution < -0.4 is 9.47 Å². The van der Waals surface area contributed by atoms with Crippen molar-refractivity contribution < 1.29 is 47.6 Å². The van der Waals surface area contributed by atoms with Gasteiger partial charge in [0.2, 0.25) is 0 Å². The van der Waals surface area contributed by atoms with Crippen molar-refractivity contribution in [2.75, 3.05) is 27.4 Å². The van der Waals surface area contributed by atoms with E-state index < -0.39 is 11.9 Å². The Morgan fingerprint density at radius 2 is 0.675 bits per heavy atom. The number of thiophene rings is 2. The number of carbonyl (C=O) groups excluding carboxylic acids is 4. The summed E-state index contributed by atoms with van der Waals surface area (Å²) in [6.45, 7) is 6.70. The number of ether oxygens (including phenoxy) is 6. The topological polar surface area (TPSA) is 124 Å². The molecule has 0 aliphatic heterocycles. The summed E-state index contributed by atoms with van der Waals surface area (Å²) in [6.07, 6.45) is 6.32. The third-order valence-electron chi connectivity index (χ3n) is 14.0. The molecule has 0 unspecified atom stereocenters. The lowest BCUT2D eigenvalue weighted by molar-refractivity contribution is -0.130. The summed E-state index contributed by atoms with van der Waals surface area (Å²) in [5, 5.41) is 4.12. The molecule has 406 valence electrons. The first-order chi connectivity index (χ1) is 39.3. The lowest BCUT2D eigenvalue weighted by atomic mass is 9.74. The van der Waals surface area contributed by atoms with Crippen molar-refractivity contribution in [2.45, 2.75) is 65.6 Å². The molecule has 0 N–H and O–H groups in total. The number of methoxy groups -OCH3 is 2. The van der Waals surface area contributed by atoms with Gasteiger partial charge in [-0.2, -0.15) is 0 Å². The van der Waals surface area contributed by atoms with Crippen LogP contribution in [0, 0.1) is 0 Å². The fourth-order valence-corrected chi connectivity index (χ4v) is 11.6. The minimum atomic E-state index is -0.467. The highest BCUT2D eigenvalue weighted by Crippen LogP contribution is 2.56. The van der Waals surface area contributed by atoms with Crippen LogP contribution in [0.5, 0.6) is 11.5 Å². The molecular formula is C68H62O10S2. The number of benzene rings is 7. The Balaban J connectivity index is 1.41. The first-order valence-electron chi connectivity index (χ1n) is 26.8. The average molecular weight is 1100 g/mol. The molecule has 80 heavy (non-hydrogen) atoms.